The van der Waals surface area contributed by atoms with E-state index in [1.165, 1.54) is 32.1 Å². The third-order valence-corrected chi connectivity index (χ3v) is 1.34. The van der Waals surface area contributed by atoms with Gasteiger partial charge in [0.05, 0.1) is 0 Å². The minimum Gasteiger partial charge on any atom is -0.601 e. The molecule has 0 aromatic heterocycles. The van der Waals surface area contributed by atoms with Crippen LogP contribution in [0.15, 0.2) is 11.2 Å². The molecule has 64 valence electrons. The second kappa shape index (κ2) is 16.6. The zero-order valence-electron chi connectivity index (χ0n) is 6.12. The van der Waals surface area contributed by atoms with Crippen LogP contribution in [0.4, 0.5) is 0 Å². The Balaban J connectivity index is -0.000000101. The molecule has 0 saturated heterocycles. The van der Waals surface area contributed by atoms with Crippen molar-refractivity contribution in [1.82, 2.24) is 0 Å². The third kappa shape index (κ3) is 17.8. The molecule has 0 heterocycles. The zero-order valence-corrected chi connectivity index (χ0v) is 9.06. The molecule has 0 atom stereocenters. The normalized spacial score (nSPS) is 12.7. The molecule has 0 aromatic carbocycles. The molecule has 2 heteroatoms. The van der Waals surface area contributed by atoms with E-state index in [4.69, 9.17) is 0 Å². The molecule has 1 aliphatic rings. The van der Waals surface area contributed by atoms with Crippen molar-refractivity contribution in [3.05, 3.63) is 12.8 Å². The first kappa shape index (κ1) is 17.3. The Bertz CT molecular complexity index is 64.0. The smallest absolute Gasteiger partial charge is 0.601 e. The Morgan fingerprint density at radius 1 is 1.00 bits per heavy atom. The van der Waals surface area contributed by atoms with E-state index in [0.717, 1.165) is 6.20 Å². The van der Waals surface area contributed by atoms with Crippen LogP contribution < -0.4 is 0 Å². The molecule has 0 bridgehead atoms. The van der Waals surface area contributed by atoms with Gasteiger partial charge in [-0.05, 0) is 0 Å². The molecular weight excluding hydrogens is 306 g/mol. The monoisotopic (exact) mass is 323 g/mol. The standard InChI is InChI=1S/C5H10.C3H3N.CH4.W/c1-2-4-5-3-1;1-3-4-2;;/h1-5H2;1-3H;1H4;/q;-2;;+2. The summed E-state index contributed by atoms with van der Waals surface area (Å²) in [5, 5.41) is 0. The fraction of sp³-hybridized carbons (Fsp3) is 0.667. The van der Waals surface area contributed by atoms with Gasteiger partial charge >= 0.3 is 21.1 Å². The van der Waals surface area contributed by atoms with Gasteiger partial charge in [0.2, 0.25) is 0 Å². The maximum atomic E-state index is 4.61. The fourth-order valence-electron chi connectivity index (χ4n) is 0.884. The fourth-order valence-corrected chi connectivity index (χ4v) is 0.884. The molecule has 11 heavy (non-hydrogen) atoms. The van der Waals surface area contributed by atoms with Crippen molar-refractivity contribution in [3.8, 4) is 0 Å². The van der Waals surface area contributed by atoms with Crippen molar-refractivity contribution in [3.63, 3.8) is 0 Å². The van der Waals surface area contributed by atoms with E-state index in [-0.39, 0.29) is 28.5 Å². The van der Waals surface area contributed by atoms with E-state index in [1.54, 1.807) is 0 Å². The number of aliphatic imine (C=N–C) groups is 1. The van der Waals surface area contributed by atoms with Crippen molar-refractivity contribution in [2.24, 2.45) is 4.99 Å². The molecule has 0 unspecified atom stereocenters. The Hall–Kier alpha value is 0.0983. The van der Waals surface area contributed by atoms with Crippen LogP contribution in [0.5, 0.6) is 0 Å². The van der Waals surface area contributed by atoms with E-state index in [9.17, 15) is 0 Å². The Kier molecular flexibility index (Phi) is 26.0. The molecule has 0 amide bonds. The Morgan fingerprint density at radius 3 is 1.27 bits per heavy atom. The number of hydrogen-bond acceptors (Lipinski definition) is 1. The van der Waals surface area contributed by atoms with Crippen molar-refractivity contribution in [1.29, 1.82) is 0 Å². The minimum absolute atomic E-state index is 0. The Morgan fingerprint density at radius 2 is 1.18 bits per heavy atom. The SMILES string of the molecule is C.C1CCCC1.[CH-]=CN=[CH-].[W+2]. The van der Waals surface area contributed by atoms with Crippen LogP contribution in [0.1, 0.15) is 39.5 Å². The van der Waals surface area contributed by atoms with Crippen LogP contribution in [-0.4, -0.2) is 6.72 Å². The largest absolute Gasteiger partial charge is 2.00 e. The molecular formula is C9H17NW. The summed E-state index contributed by atoms with van der Waals surface area (Å²) >= 11 is 0. The van der Waals surface area contributed by atoms with Gasteiger partial charge in [-0.2, -0.15) is 6.72 Å². The van der Waals surface area contributed by atoms with Crippen LogP contribution in [0.25, 0.3) is 0 Å². The van der Waals surface area contributed by atoms with E-state index in [0.29, 0.717) is 0 Å². The third-order valence-electron chi connectivity index (χ3n) is 1.34. The molecule has 0 N–H and O–H groups in total. The van der Waals surface area contributed by atoms with Gasteiger partial charge in [0.25, 0.3) is 0 Å². The molecule has 0 aromatic rings. The predicted octanol–water partition coefficient (Wildman–Crippen LogP) is 3.09. The maximum Gasteiger partial charge on any atom is 2.00 e. The molecule has 0 radical (unpaired) electrons. The van der Waals surface area contributed by atoms with Gasteiger partial charge in [-0.25, -0.2) is 0 Å². The predicted molar refractivity (Wildman–Crippen MR) is 47.2 cm³/mol. The van der Waals surface area contributed by atoms with Crippen LogP contribution in [0.3, 0.4) is 0 Å². The van der Waals surface area contributed by atoms with Crippen molar-refractivity contribution < 1.29 is 21.1 Å². The van der Waals surface area contributed by atoms with Gasteiger partial charge in [-0.1, -0.05) is 39.5 Å². The molecule has 0 spiro atoms. The first-order chi connectivity index (χ1) is 4.41. The van der Waals surface area contributed by atoms with Gasteiger partial charge in [-0.15, -0.1) is 0 Å². The zero-order chi connectivity index (χ0) is 6.95. The van der Waals surface area contributed by atoms with E-state index in [1.807, 2.05) is 0 Å². The molecule has 1 fully saturated rings. The number of rotatable bonds is 1. The topological polar surface area (TPSA) is 12.4 Å². The van der Waals surface area contributed by atoms with Gasteiger partial charge in [0.1, 0.15) is 0 Å². The maximum absolute atomic E-state index is 4.61. The summed E-state index contributed by atoms with van der Waals surface area (Å²) in [4.78, 5) is 2.89. The van der Waals surface area contributed by atoms with Gasteiger partial charge in [0, 0.05) is 0 Å². The quantitative estimate of drug-likeness (QED) is 0.519. The van der Waals surface area contributed by atoms with Gasteiger partial charge in [0.15, 0.2) is 0 Å². The Labute approximate surface area is 85.3 Å². The summed E-state index contributed by atoms with van der Waals surface area (Å²) in [6.07, 6.45) is 8.53. The summed E-state index contributed by atoms with van der Waals surface area (Å²) in [5.41, 5.74) is 0. The van der Waals surface area contributed by atoms with Crippen LogP contribution in [-0.2, 0) is 21.1 Å². The summed E-state index contributed by atoms with van der Waals surface area (Å²) in [6.45, 7) is 9.08. The van der Waals surface area contributed by atoms with Crippen molar-refractivity contribution in [2.45, 2.75) is 39.5 Å². The number of hydrogen-bond donors (Lipinski definition) is 0. The second-order valence-corrected chi connectivity index (χ2v) is 2.07. The molecule has 1 aliphatic carbocycles. The molecule has 0 aliphatic heterocycles. The number of nitrogens with zero attached hydrogens (tertiary/aromatic N) is 1. The van der Waals surface area contributed by atoms with Crippen LogP contribution in [0, 0.1) is 6.58 Å². The van der Waals surface area contributed by atoms with E-state index >= 15 is 0 Å². The van der Waals surface area contributed by atoms with E-state index < -0.39 is 0 Å². The van der Waals surface area contributed by atoms with Gasteiger partial charge < -0.3 is 17.8 Å². The molecule has 1 saturated carbocycles. The summed E-state index contributed by atoms with van der Waals surface area (Å²) in [7, 11) is 0. The van der Waals surface area contributed by atoms with Crippen LogP contribution in [0.2, 0.25) is 0 Å². The van der Waals surface area contributed by atoms with Crippen molar-refractivity contribution in [2.75, 3.05) is 0 Å². The molecule has 1 nitrogen and oxygen atoms in total. The van der Waals surface area contributed by atoms with Crippen molar-refractivity contribution >= 4 is 6.72 Å². The van der Waals surface area contributed by atoms with Crippen LogP contribution >= 0.6 is 0 Å². The second-order valence-electron chi connectivity index (χ2n) is 2.07. The first-order valence-corrected chi connectivity index (χ1v) is 3.35. The summed E-state index contributed by atoms with van der Waals surface area (Å²) in [6, 6.07) is 0. The summed E-state index contributed by atoms with van der Waals surface area (Å²) < 4.78 is 0. The first-order valence-electron chi connectivity index (χ1n) is 3.35. The summed E-state index contributed by atoms with van der Waals surface area (Å²) in [5.74, 6) is 0. The molecule has 1 rings (SSSR count). The minimum atomic E-state index is 0. The van der Waals surface area contributed by atoms with E-state index in [2.05, 4.69) is 18.3 Å². The van der Waals surface area contributed by atoms with Gasteiger partial charge in [-0.3, -0.25) is 0 Å². The average molecular weight is 323 g/mol. The average Bonchev–Trinajstić information content (AvgIpc) is 2.43.